The van der Waals surface area contributed by atoms with Crippen LogP contribution in [0, 0.1) is 0 Å². The Kier molecular flexibility index (Phi) is 4.23. The maximum absolute atomic E-state index is 11.7. The molecule has 0 aromatic heterocycles. The highest BCUT2D eigenvalue weighted by molar-refractivity contribution is 7.97. The predicted octanol–water partition coefficient (Wildman–Crippen LogP) is 2.84. The first-order valence-electron chi connectivity index (χ1n) is 5.76. The number of allylic oxidation sites excluding steroid dienone is 1. The number of rotatable bonds is 4. The van der Waals surface area contributed by atoms with Crippen molar-refractivity contribution in [2.24, 2.45) is 0 Å². The van der Waals surface area contributed by atoms with Gasteiger partial charge in [0.05, 0.1) is 0 Å². The summed E-state index contributed by atoms with van der Waals surface area (Å²) in [6.45, 7) is 0. The van der Waals surface area contributed by atoms with E-state index in [0.717, 1.165) is 11.3 Å². The van der Waals surface area contributed by atoms with Crippen LogP contribution >= 0.6 is 0 Å². The lowest BCUT2D eigenvalue weighted by Gasteiger charge is -1.95. The Morgan fingerprint density at radius 2 is 1.88 bits per heavy atom. The molecule has 1 nitrogen and oxygen atoms in total. The minimum atomic E-state index is 0.128. The third kappa shape index (κ3) is 3.24. The summed E-state index contributed by atoms with van der Waals surface area (Å²) in [6, 6.07) is 9.47. The molecular weight excluding hydrogens is 216 g/mol. The first-order valence-corrected chi connectivity index (χ1v) is 7.49. The Bertz CT molecular complexity index is 364. The number of carbonyl (C=O) groups excluding carboxylic acids is 1. The van der Waals surface area contributed by atoms with E-state index < -0.39 is 0 Å². The molecule has 1 aliphatic rings. The lowest BCUT2D eigenvalue weighted by atomic mass is 10.1. The van der Waals surface area contributed by atoms with E-state index in [1.165, 1.54) is 24.3 Å². The second-order valence-electron chi connectivity index (χ2n) is 4.03. The zero-order chi connectivity index (χ0) is 11.2. The fourth-order valence-corrected chi connectivity index (χ4v) is 4.00. The van der Waals surface area contributed by atoms with Crippen molar-refractivity contribution < 1.29 is 4.79 Å². The molecule has 1 aliphatic heterocycles. The summed E-state index contributed by atoms with van der Waals surface area (Å²) in [6.07, 6.45) is 6.55. The summed E-state index contributed by atoms with van der Waals surface area (Å²) in [5.41, 5.74) is 0.786. The molecule has 0 amide bonds. The largest absolute Gasteiger partial charge is 0.289 e. The molecule has 0 atom stereocenters. The monoisotopic (exact) mass is 233 g/mol. The molecule has 2 rings (SSSR count). The van der Waals surface area contributed by atoms with Crippen molar-refractivity contribution in [2.45, 2.75) is 12.8 Å². The van der Waals surface area contributed by atoms with E-state index in [-0.39, 0.29) is 5.78 Å². The molecule has 84 valence electrons. The van der Waals surface area contributed by atoms with Crippen molar-refractivity contribution in [3.05, 3.63) is 48.0 Å². The van der Waals surface area contributed by atoms with Crippen molar-refractivity contribution in [3.63, 3.8) is 0 Å². The third-order valence-electron chi connectivity index (χ3n) is 2.78. The minimum Gasteiger partial charge on any atom is -0.289 e. The zero-order valence-corrected chi connectivity index (χ0v) is 10.2. The van der Waals surface area contributed by atoms with Gasteiger partial charge in [-0.15, -0.1) is 0 Å². The van der Waals surface area contributed by atoms with Crippen LogP contribution in [0.4, 0.5) is 0 Å². The van der Waals surface area contributed by atoms with Gasteiger partial charge in [0, 0.05) is 5.56 Å². The van der Waals surface area contributed by atoms with E-state index in [0.29, 0.717) is 10.9 Å². The van der Waals surface area contributed by atoms with Gasteiger partial charge in [-0.25, -0.2) is 0 Å². The fraction of sp³-hybridized carbons (Fsp3) is 0.357. The number of hydrogen-bond donors (Lipinski definition) is 0. The Labute approximate surface area is 99.9 Å². The Hall–Kier alpha value is -1.02. The van der Waals surface area contributed by atoms with Gasteiger partial charge in [-0.3, -0.25) is 4.79 Å². The summed E-state index contributed by atoms with van der Waals surface area (Å²) >= 11 is 0. The molecule has 1 saturated heterocycles. The Morgan fingerprint density at radius 3 is 2.56 bits per heavy atom. The van der Waals surface area contributed by atoms with Crippen LogP contribution in [-0.2, 0) is 10.9 Å². The highest BCUT2D eigenvalue weighted by Gasteiger charge is 2.21. The molecule has 1 heterocycles. The lowest BCUT2D eigenvalue weighted by molar-refractivity contribution is 0.104. The van der Waals surface area contributed by atoms with Crippen molar-refractivity contribution in [1.29, 1.82) is 0 Å². The summed E-state index contributed by atoms with van der Waals surface area (Å²) < 4.78 is 0. The molecule has 0 N–H and O–H groups in total. The molecule has 1 fully saturated rings. The van der Waals surface area contributed by atoms with Gasteiger partial charge in [-0.05, 0) is 35.9 Å². The van der Waals surface area contributed by atoms with Crippen LogP contribution in [0.3, 0.4) is 0 Å². The molecule has 0 saturated carbocycles. The number of hydrogen-bond acceptors (Lipinski definition) is 1. The fourth-order valence-electron chi connectivity index (χ4n) is 1.87. The topological polar surface area (TPSA) is 17.1 Å². The predicted molar refractivity (Wildman–Crippen MR) is 71.1 cm³/mol. The van der Waals surface area contributed by atoms with Gasteiger partial charge in [0.2, 0.25) is 0 Å². The van der Waals surface area contributed by atoms with E-state index in [2.05, 4.69) is 6.08 Å². The van der Waals surface area contributed by atoms with Crippen LogP contribution < -0.4 is 0 Å². The summed E-state index contributed by atoms with van der Waals surface area (Å²) in [5.74, 6) is 3.95. The van der Waals surface area contributed by atoms with Crippen LogP contribution in [0.2, 0.25) is 0 Å². The van der Waals surface area contributed by atoms with Crippen LogP contribution in [0.15, 0.2) is 42.5 Å². The molecular formula is C14H17OS+. The SMILES string of the molecule is O=C(/C=C/C[S+]1CCCC1)c1ccccc1. The molecule has 0 unspecified atom stereocenters. The van der Waals surface area contributed by atoms with E-state index in [1.807, 2.05) is 30.3 Å². The second-order valence-corrected chi connectivity index (χ2v) is 6.40. The van der Waals surface area contributed by atoms with Crippen molar-refractivity contribution in [3.8, 4) is 0 Å². The first kappa shape index (κ1) is 11.5. The van der Waals surface area contributed by atoms with Crippen molar-refractivity contribution >= 4 is 16.7 Å². The lowest BCUT2D eigenvalue weighted by Crippen LogP contribution is -2.06. The van der Waals surface area contributed by atoms with Crippen LogP contribution in [0.25, 0.3) is 0 Å². The third-order valence-corrected chi connectivity index (χ3v) is 5.17. The maximum Gasteiger partial charge on any atom is 0.185 e. The van der Waals surface area contributed by atoms with Crippen molar-refractivity contribution in [2.75, 3.05) is 17.3 Å². The molecule has 16 heavy (non-hydrogen) atoms. The number of benzene rings is 1. The van der Waals surface area contributed by atoms with Gasteiger partial charge in [-0.2, -0.15) is 0 Å². The summed E-state index contributed by atoms with van der Waals surface area (Å²) in [4.78, 5) is 11.7. The van der Waals surface area contributed by atoms with Gasteiger partial charge in [0.1, 0.15) is 17.3 Å². The van der Waals surface area contributed by atoms with E-state index in [1.54, 1.807) is 6.08 Å². The Balaban J connectivity index is 1.85. The molecule has 1 aromatic rings. The van der Waals surface area contributed by atoms with Gasteiger partial charge >= 0.3 is 0 Å². The molecule has 2 heteroatoms. The highest BCUT2D eigenvalue weighted by atomic mass is 32.2. The van der Waals surface area contributed by atoms with Crippen molar-refractivity contribution in [1.82, 2.24) is 0 Å². The van der Waals surface area contributed by atoms with Crippen LogP contribution in [-0.4, -0.2) is 23.0 Å². The van der Waals surface area contributed by atoms with Gasteiger partial charge < -0.3 is 0 Å². The van der Waals surface area contributed by atoms with Crippen LogP contribution in [0.1, 0.15) is 23.2 Å². The van der Waals surface area contributed by atoms with E-state index in [4.69, 9.17) is 0 Å². The quantitative estimate of drug-likeness (QED) is 0.444. The summed E-state index contributed by atoms with van der Waals surface area (Å²) in [5, 5.41) is 0. The zero-order valence-electron chi connectivity index (χ0n) is 9.39. The second kappa shape index (κ2) is 5.90. The van der Waals surface area contributed by atoms with Crippen LogP contribution in [0.5, 0.6) is 0 Å². The van der Waals surface area contributed by atoms with Gasteiger partial charge in [0.15, 0.2) is 5.78 Å². The smallest absolute Gasteiger partial charge is 0.185 e. The summed E-state index contributed by atoms with van der Waals surface area (Å²) in [7, 11) is 0.561. The molecule has 0 bridgehead atoms. The Morgan fingerprint density at radius 1 is 1.19 bits per heavy atom. The van der Waals surface area contributed by atoms with E-state index in [9.17, 15) is 4.79 Å². The highest BCUT2D eigenvalue weighted by Crippen LogP contribution is 2.13. The molecule has 0 spiro atoms. The standard InChI is InChI=1S/C14H17OS/c15-14(13-7-2-1-3-8-13)9-6-12-16-10-4-5-11-16/h1-3,6-9H,4-5,10-12H2/q+1/b9-6+. The first-order chi connectivity index (χ1) is 7.86. The average Bonchev–Trinajstić information content (AvgIpc) is 2.83. The van der Waals surface area contributed by atoms with E-state index >= 15 is 0 Å². The molecule has 1 aromatic carbocycles. The number of carbonyl (C=O) groups is 1. The van der Waals surface area contributed by atoms with Gasteiger partial charge in [-0.1, -0.05) is 30.3 Å². The number of ketones is 1. The minimum absolute atomic E-state index is 0.128. The molecule has 0 aliphatic carbocycles. The normalized spacial score (nSPS) is 17.0. The molecule has 0 radical (unpaired) electrons. The van der Waals surface area contributed by atoms with Gasteiger partial charge in [0.25, 0.3) is 0 Å². The average molecular weight is 233 g/mol. The maximum atomic E-state index is 11.7.